The van der Waals surface area contributed by atoms with Gasteiger partial charge < -0.3 is 20.7 Å². The van der Waals surface area contributed by atoms with Crippen LogP contribution < -0.4 is 16.0 Å². The van der Waals surface area contributed by atoms with Gasteiger partial charge in [-0.1, -0.05) is 42.4 Å². The second-order valence-electron chi connectivity index (χ2n) is 6.12. The first-order valence-electron chi connectivity index (χ1n) is 8.96. The maximum atomic E-state index is 12.5. The van der Waals surface area contributed by atoms with Crippen LogP contribution in [0.2, 0.25) is 5.02 Å². The van der Waals surface area contributed by atoms with E-state index in [1.54, 1.807) is 31.2 Å². The molecule has 3 rings (SSSR count). The number of benzene rings is 2. The van der Waals surface area contributed by atoms with Crippen molar-refractivity contribution in [3.8, 4) is 0 Å². The van der Waals surface area contributed by atoms with Crippen LogP contribution in [-0.2, 0) is 14.3 Å². The molecule has 3 N–H and O–H groups in total. The van der Waals surface area contributed by atoms with E-state index in [1.165, 1.54) is 6.08 Å². The first kappa shape index (κ1) is 20.2. The minimum atomic E-state index is -0.598. The Balaban J connectivity index is 1.90. The smallest absolute Gasteiger partial charge is 0.343 e. The third-order valence-electron chi connectivity index (χ3n) is 4.03. The zero-order valence-corrected chi connectivity index (χ0v) is 16.5. The van der Waals surface area contributed by atoms with Gasteiger partial charge in [-0.3, -0.25) is 4.79 Å². The van der Waals surface area contributed by atoms with Gasteiger partial charge in [-0.05, 0) is 42.8 Å². The number of hydrogen-bond acceptors (Lipinski definition) is 5. The zero-order valence-electron chi connectivity index (χ0n) is 15.8. The summed E-state index contributed by atoms with van der Waals surface area (Å²) in [6.07, 6.45) is 2.99. The highest BCUT2D eigenvalue weighted by Gasteiger charge is 2.25. The Kier molecular flexibility index (Phi) is 6.36. The van der Waals surface area contributed by atoms with Crippen LogP contribution in [-0.4, -0.2) is 18.5 Å². The molecular weight excluding hydrogens is 390 g/mol. The Labute approximate surface area is 173 Å². The predicted octanol–water partition coefficient (Wildman–Crippen LogP) is 4.30. The Morgan fingerprint density at radius 3 is 2.55 bits per heavy atom. The number of amides is 1. The molecule has 0 bridgehead atoms. The van der Waals surface area contributed by atoms with Crippen molar-refractivity contribution in [2.45, 2.75) is 6.92 Å². The first-order valence-corrected chi connectivity index (χ1v) is 9.34. The molecule has 0 aromatic heterocycles. The van der Waals surface area contributed by atoms with Crippen LogP contribution in [0.3, 0.4) is 0 Å². The number of esters is 1. The molecule has 0 saturated carbocycles. The standard InChI is InChI=1S/C22H20ClN3O3/c1-3-29-22(28)20-14(2)24-17-9-4-5-10-18(17)25-21(20)26-19(27)12-11-15-7-6-8-16(23)13-15/h4-13,24-25H,2-3H2,1H3,(H,26,27)/b12-11+. The molecule has 1 aliphatic rings. The van der Waals surface area contributed by atoms with Crippen LogP contribution in [0.25, 0.3) is 6.08 Å². The van der Waals surface area contributed by atoms with Crippen LogP contribution in [0, 0.1) is 0 Å². The topological polar surface area (TPSA) is 79.5 Å². The fourth-order valence-electron chi connectivity index (χ4n) is 2.74. The number of para-hydroxylation sites is 2. The minimum Gasteiger partial charge on any atom is -0.462 e. The molecule has 0 spiro atoms. The number of carbonyl (C=O) groups is 2. The molecule has 0 unspecified atom stereocenters. The molecule has 0 saturated heterocycles. The molecule has 1 aliphatic heterocycles. The van der Waals surface area contributed by atoms with Gasteiger partial charge in [0.15, 0.2) is 0 Å². The van der Waals surface area contributed by atoms with E-state index in [4.69, 9.17) is 16.3 Å². The summed E-state index contributed by atoms with van der Waals surface area (Å²) < 4.78 is 5.14. The Hall–Kier alpha value is -3.51. The molecule has 1 heterocycles. The largest absolute Gasteiger partial charge is 0.462 e. The van der Waals surface area contributed by atoms with Crippen LogP contribution in [0.5, 0.6) is 0 Å². The van der Waals surface area contributed by atoms with Crippen molar-refractivity contribution in [3.05, 3.63) is 88.9 Å². The van der Waals surface area contributed by atoms with Crippen molar-refractivity contribution in [1.82, 2.24) is 5.32 Å². The molecule has 29 heavy (non-hydrogen) atoms. The molecule has 1 amide bonds. The van der Waals surface area contributed by atoms with Crippen molar-refractivity contribution >= 4 is 40.9 Å². The number of rotatable bonds is 5. The lowest BCUT2D eigenvalue weighted by Gasteiger charge is -2.14. The monoisotopic (exact) mass is 409 g/mol. The molecular formula is C22H20ClN3O3. The number of halogens is 1. The molecule has 6 nitrogen and oxygen atoms in total. The van der Waals surface area contributed by atoms with E-state index in [-0.39, 0.29) is 18.0 Å². The summed E-state index contributed by atoms with van der Waals surface area (Å²) in [6, 6.07) is 14.4. The van der Waals surface area contributed by atoms with Gasteiger partial charge in [0.05, 0.1) is 18.0 Å². The summed E-state index contributed by atoms with van der Waals surface area (Å²) in [4.78, 5) is 25.0. The number of fused-ring (bicyclic) bond motifs is 1. The van der Waals surface area contributed by atoms with E-state index < -0.39 is 11.9 Å². The summed E-state index contributed by atoms with van der Waals surface area (Å²) >= 11 is 5.96. The van der Waals surface area contributed by atoms with E-state index in [0.717, 1.165) is 11.3 Å². The van der Waals surface area contributed by atoms with Gasteiger partial charge in [0.2, 0.25) is 5.91 Å². The van der Waals surface area contributed by atoms with Crippen LogP contribution in [0.1, 0.15) is 12.5 Å². The Morgan fingerprint density at radius 1 is 1.14 bits per heavy atom. The lowest BCUT2D eigenvalue weighted by Crippen LogP contribution is -2.29. The van der Waals surface area contributed by atoms with Gasteiger partial charge in [0.1, 0.15) is 11.4 Å². The van der Waals surface area contributed by atoms with Gasteiger partial charge in [-0.15, -0.1) is 0 Å². The average molecular weight is 410 g/mol. The molecule has 2 aromatic carbocycles. The highest BCUT2D eigenvalue weighted by Crippen LogP contribution is 2.30. The Morgan fingerprint density at radius 2 is 1.86 bits per heavy atom. The van der Waals surface area contributed by atoms with E-state index in [1.807, 2.05) is 30.3 Å². The number of ether oxygens (including phenoxy) is 1. The van der Waals surface area contributed by atoms with Gasteiger partial charge >= 0.3 is 5.97 Å². The minimum absolute atomic E-state index is 0.118. The number of nitrogens with one attached hydrogen (secondary N) is 3. The van der Waals surface area contributed by atoms with Gasteiger partial charge in [0, 0.05) is 16.8 Å². The molecule has 0 atom stereocenters. The van der Waals surface area contributed by atoms with Crippen molar-refractivity contribution in [1.29, 1.82) is 0 Å². The second-order valence-corrected chi connectivity index (χ2v) is 6.56. The molecule has 148 valence electrons. The summed E-state index contributed by atoms with van der Waals surface area (Å²) in [7, 11) is 0. The third kappa shape index (κ3) is 5.06. The second kappa shape index (κ2) is 9.12. The van der Waals surface area contributed by atoms with Crippen molar-refractivity contribution in [2.75, 3.05) is 17.2 Å². The normalized spacial score (nSPS) is 13.2. The Bertz CT molecular complexity index is 1030. The summed E-state index contributed by atoms with van der Waals surface area (Å²) in [5, 5.41) is 9.45. The maximum Gasteiger partial charge on any atom is 0.343 e. The van der Waals surface area contributed by atoms with Crippen molar-refractivity contribution in [2.24, 2.45) is 0 Å². The third-order valence-corrected chi connectivity index (χ3v) is 4.26. The highest BCUT2D eigenvalue weighted by atomic mass is 35.5. The summed E-state index contributed by atoms with van der Waals surface area (Å²) in [6.45, 7) is 5.83. The highest BCUT2D eigenvalue weighted by molar-refractivity contribution is 6.30. The maximum absolute atomic E-state index is 12.5. The molecule has 2 aromatic rings. The molecule has 0 aliphatic carbocycles. The fraction of sp³-hybridized carbons (Fsp3) is 0.0909. The van der Waals surface area contributed by atoms with Crippen LogP contribution in [0.15, 0.2) is 78.3 Å². The van der Waals surface area contributed by atoms with Crippen LogP contribution >= 0.6 is 11.6 Å². The lowest BCUT2D eigenvalue weighted by atomic mass is 10.2. The number of hydrogen-bond donors (Lipinski definition) is 3. The number of carbonyl (C=O) groups excluding carboxylic acids is 2. The predicted molar refractivity (Wildman–Crippen MR) is 115 cm³/mol. The summed E-state index contributed by atoms with van der Waals surface area (Å²) in [5.74, 6) is -0.840. The van der Waals surface area contributed by atoms with Gasteiger partial charge in [-0.25, -0.2) is 4.79 Å². The molecule has 0 fully saturated rings. The lowest BCUT2D eigenvalue weighted by molar-refractivity contribution is -0.138. The first-order chi connectivity index (χ1) is 14.0. The van der Waals surface area contributed by atoms with Crippen LogP contribution in [0.4, 0.5) is 11.4 Å². The number of anilines is 2. The van der Waals surface area contributed by atoms with E-state index in [9.17, 15) is 9.59 Å². The molecule has 7 heteroatoms. The van der Waals surface area contributed by atoms with E-state index >= 15 is 0 Å². The average Bonchev–Trinajstić information content (AvgIpc) is 2.81. The summed E-state index contributed by atoms with van der Waals surface area (Å²) in [5.41, 5.74) is 2.61. The zero-order chi connectivity index (χ0) is 20.8. The SMILES string of the molecule is C=C1Nc2ccccc2NC(NC(=O)/C=C/c2cccc(Cl)c2)=C1C(=O)OCC. The van der Waals surface area contributed by atoms with E-state index in [2.05, 4.69) is 22.5 Å². The quantitative estimate of drug-likeness (QED) is 0.507. The van der Waals surface area contributed by atoms with E-state index in [0.29, 0.717) is 16.4 Å². The van der Waals surface area contributed by atoms with Gasteiger partial charge in [0.25, 0.3) is 0 Å². The fourth-order valence-corrected chi connectivity index (χ4v) is 2.94. The van der Waals surface area contributed by atoms with Crippen molar-refractivity contribution < 1.29 is 14.3 Å². The van der Waals surface area contributed by atoms with Gasteiger partial charge in [-0.2, -0.15) is 0 Å². The molecule has 0 radical (unpaired) electrons. The van der Waals surface area contributed by atoms with Crippen molar-refractivity contribution in [3.63, 3.8) is 0 Å².